The van der Waals surface area contributed by atoms with Crippen LogP contribution in [0.4, 0.5) is 11.4 Å². The van der Waals surface area contributed by atoms with Crippen molar-refractivity contribution in [2.45, 2.75) is 87.8 Å². The van der Waals surface area contributed by atoms with Crippen molar-refractivity contribution >= 4 is 37.3 Å². The Kier molecular flexibility index (Phi) is 11.4. The van der Waals surface area contributed by atoms with Crippen molar-refractivity contribution in [3.8, 4) is 0 Å². The maximum atomic E-state index is 11.7. The molecule has 0 atom stereocenters. The number of fused-ring (bicyclic) bond motifs is 2. The molecule has 0 spiro atoms. The molecule has 44 heavy (non-hydrogen) atoms. The number of rotatable bonds is 11. The summed E-state index contributed by atoms with van der Waals surface area (Å²) >= 11 is 0. The van der Waals surface area contributed by atoms with E-state index in [1.807, 2.05) is 58.1 Å². The van der Waals surface area contributed by atoms with Gasteiger partial charge in [0.15, 0.2) is 5.71 Å². The number of unbranched alkanes of at least 4 members (excludes halogenated alkanes) is 2. The summed E-state index contributed by atoms with van der Waals surface area (Å²) in [6.45, 7) is 13.9. The normalized spacial score (nSPS) is 18.4. The van der Waals surface area contributed by atoms with Gasteiger partial charge in [0, 0.05) is 47.5 Å². The Morgan fingerprint density at radius 3 is 1.98 bits per heavy atom. The van der Waals surface area contributed by atoms with E-state index >= 15 is 0 Å². The van der Waals surface area contributed by atoms with E-state index in [-0.39, 0.29) is 39.3 Å². The van der Waals surface area contributed by atoms with Gasteiger partial charge >= 0.3 is 29.6 Å². The summed E-state index contributed by atoms with van der Waals surface area (Å²) in [6, 6.07) is 9.24. The monoisotopic (exact) mass is 648 g/mol. The Bertz CT molecular complexity index is 1750. The first kappa shape index (κ1) is 36.4. The van der Waals surface area contributed by atoms with Gasteiger partial charge in [0.25, 0.3) is 0 Å². The molecule has 0 bridgehead atoms. The summed E-state index contributed by atoms with van der Waals surface area (Å²) < 4.78 is 72.7. The van der Waals surface area contributed by atoms with Gasteiger partial charge in [0.05, 0.1) is 15.2 Å². The van der Waals surface area contributed by atoms with Gasteiger partial charge in [-0.25, -0.2) is 16.8 Å². The van der Waals surface area contributed by atoms with Crippen LogP contribution in [0, 0.1) is 0 Å². The third-order valence-corrected chi connectivity index (χ3v) is 10.2. The zero-order valence-electron chi connectivity index (χ0n) is 26.8. The predicted molar refractivity (Wildman–Crippen MR) is 168 cm³/mol. The molecule has 11 heteroatoms. The number of hydrogen-bond donors (Lipinski definition) is 0. The second kappa shape index (κ2) is 13.7. The molecule has 0 aliphatic carbocycles. The van der Waals surface area contributed by atoms with Gasteiger partial charge in [-0.2, -0.15) is 4.58 Å². The van der Waals surface area contributed by atoms with Gasteiger partial charge in [0.1, 0.15) is 26.8 Å². The first-order valence-electron chi connectivity index (χ1n) is 14.7. The van der Waals surface area contributed by atoms with Crippen LogP contribution in [-0.2, 0) is 31.1 Å². The van der Waals surface area contributed by atoms with E-state index in [4.69, 9.17) is 0 Å². The van der Waals surface area contributed by atoms with Gasteiger partial charge in [-0.15, -0.1) is 0 Å². The smallest absolute Gasteiger partial charge is 0.744 e. The standard InChI is InChI=1S/C33H42N2O6S2.Na/c1-7-9-20-34-28-18-16-24(42(36,37)38)22-26(28)32(3,4)30(34)14-12-11-13-15-31-33(5,6)27-23-25(43(39,40)41)17-19-29(27)35(31)21-10-8-2;/h11-19,22-23H,7-10,20-21H2,1-6H3,(H-,36,37,38,39,40,41);/q;+1/p-1. The number of allylic oxidation sites excluding steroid dienone is 6. The molecule has 0 N–H and O–H groups in total. The largest absolute Gasteiger partial charge is 1.00 e. The van der Waals surface area contributed by atoms with Gasteiger partial charge < -0.3 is 14.0 Å². The van der Waals surface area contributed by atoms with Crippen molar-refractivity contribution in [3.05, 3.63) is 83.6 Å². The fourth-order valence-corrected chi connectivity index (χ4v) is 7.09. The molecule has 2 aromatic rings. The SMILES string of the molecule is CCCCN1/C(=C/C=C/C=C/C2=[N+](CCCC)c3ccc(S(=O)(=O)[O-])cc3C2(C)C)C(C)(C)c2cc(S(=O)(=O)[O-])ccc21.[Na+]. The van der Waals surface area contributed by atoms with E-state index in [9.17, 15) is 25.9 Å². The van der Waals surface area contributed by atoms with Crippen molar-refractivity contribution in [2.75, 3.05) is 18.0 Å². The molecule has 0 saturated heterocycles. The molecule has 0 unspecified atom stereocenters. The van der Waals surface area contributed by atoms with E-state index in [2.05, 4.69) is 23.3 Å². The Morgan fingerprint density at radius 2 is 1.39 bits per heavy atom. The van der Waals surface area contributed by atoms with Crippen molar-refractivity contribution in [3.63, 3.8) is 0 Å². The first-order valence-corrected chi connectivity index (χ1v) is 17.6. The van der Waals surface area contributed by atoms with Crippen LogP contribution >= 0.6 is 0 Å². The molecule has 0 saturated carbocycles. The number of anilines is 1. The first-order chi connectivity index (χ1) is 20.0. The van der Waals surface area contributed by atoms with Gasteiger partial charge in [-0.05, 0) is 62.2 Å². The topological polar surface area (TPSA) is 121 Å². The molecule has 2 aliphatic heterocycles. The van der Waals surface area contributed by atoms with Crippen LogP contribution in [-0.4, -0.2) is 49.3 Å². The van der Waals surface area contributed by atoms with Crippen LogP contribution in [0.2, 0.25) is 0 Å². The van der Waals surface area contributed by atoms with Crippen molar-refractivity contribution in [2.24, 2.45) is 0 Å². The molecular weight excluding hydrogens is 607 g/mol. The Hall–Kier alpha value is -2.05. The van der Waals surface area contributed by atoms with Crippen LogP contribution in [0.1, 0.15) is 78.4 Å². The molecular formula is C33H41N2NaO6S2. The fraction of sp³-hybridized carbons (Fsp3) is 0.424. The summed E-state index contributed by atoms with van der Waals surface area (Å²) in [6.07, 6.45) is 13.8. The summed E-state index contributed by atoms with van der Waals surface area (Å²) in [4.78, 5) is 1.76. The van der Waals surface area contributed by atoms with Gasteiger partial charge in [0.2, 0.25) is 5.69 Å². The minimum atomic E-state index is -4.57. The average molecular weight is 649 g/mol. The second-order valence-corrected chi connectivity index (χ2v) is 15.0. The number of nitrogens with zero attached hydrogens (tertiary/aromatic N) is 2. The Morgan fingerprint density at radius 1 is 0.795 bits per heavy atom. The maximum Gasteiger partial charge on any atom is 1.00 e. The Balaban J connectivity index is 0.00000529. The summed E-state index contributed by atoms with van der Waals surface area (Å²) in [5.41, 5.74) is 4.43. The van der Waals surface area contributed by atoms with Gasteiger partial charge in [-0.1, -0.05) is 58.8 Å². The van der Waals surface area contributed by atoms with Gasteiger partial charge in [-0.3, -0.25) is 0 Å². The van der Waals surface area contributed by atoms with Crippen LogP contribution in [0.5, 0.6) is 0 Å². The number of hydrogen-bond acceptors (Lipinski definition) is 7. The van der Waals surface area contributed by atoms with Crippen LogP contribution in [0.3, 0.4) is 0 Å². The molecule has 2 aliphatic rings. The minimum absolute atomic E-state index is 0. The summed E-state index contributed by atoms with van der Waals surface area (Å²) in [5, 5.41) is 0. The van der Waals surface area contributed by atoms with E-state index < -0.39 is 31.1 Å². The average Bonchev–Trinajstić information content (AvgIpc) is 3.27. The zero-order chi connectivity index (χ0) is 31.8. The molecule has 2 heterocycles. The molecule has 0 amide bonds. The summed E-state index contributed by atoms with van der Waals surface area (Å²) in [7, 11) is -9.14. The predicted octanol–water partition coefficient (Wildman–Crippen LogP) is 3.27. The third kappa shape index (κ3) is 7.17. The van der Waals surface area contributed by atoms with E-state index in [0.717, 1.165) is 72.7 Å². The Labute approximate surface area is 285 Å². The zero-order valence-corrected chi connectivity index (χ0v) is 30.4. The minimum Gasteiger partial charge on any atom is -0.744 e. The molecule has 2 aromatic carbocycles. The maximum absolute atomic E-state index is 11.7. The van der Waals surface area contributed by atoms with Crippen molar-refractivity contribution < 1.29 is 60.1 Å². The van der Waals surface area contributed by atoms with E-state index in [1.54, 1.807) is 12.1 Å². The molecule has 4 rings (SSSR count). The molecule has 0 fully saturated rings. The van der Waals surface area contributed by atoms with E-state index in [0.29, 0.717) is 0 Å². The van der Waals surface area contributed by atoms with Crippen molar-refractivity contribution in [1.29, 1.82) is 0 Å². The molecule has 232 valence electrons. The second-order valence-electron chi connectivity index (χ2n) is 12.2. The molecule has 0 radical (unpaired) electrons. The van der Waals surface area contributed by atoms with E-state index in [1.165, 1.54) is 24.3 Å². The number of benzene rings is 2. The van der Waals surface area contributed by atoms with Crippen molar-refractivity contribution in [1.82, 2.24) is 0 Å². The third-order valence-electron chi connectivity index (χ3n) is 8.50. The van der Waals surface area contributed by atoms with Crippen LogP contribution < -0.4 is 34.5 Å². The quantitative estimate of drug-likeness (QED) is 0.159. The molecule has 0 aromatic heterocycles. The van der Waals surface area contributed by atoms with Crippen LogP contribution in [0.25, 0.3) is 0 Å². The van der Waals surface area contributed by atoms with Crippen LogP contribution in [0.15, 0.2) is 82.3 Å². The fourth-order valence-electron chi connectivity index (χ4n) is 6.09. The molecule has 8 nitrogen and oxygen atoms in total. The summed E-state index contributed by atoms with van der Waals surface area (Å²) in [5.74, 6) is 0.